The molecular formula is C15H13Br2FO. The molecule has 0 aliphatic rings. The predicted octanol–water partition coefficient (Wildman–Crippen LogP) is 4.94. The van der Waals surface area contributed by atoms with Crippen LogP contribution in [0, 0.1) is 12.7 Å². The third kappa shape index (κ3) is 3.65. The number of aliphatic hydroxyl groups excluding tert-OH is 1. The number of rotatable bonds is 3. The molecule has 1 atom stereocenters. The SMILES string of the molecule is Cc1ccc(C(O)Cc2cc(Br)ccc2F)cc1Br. The highest BCUT2D eigenvalue weighted by atomic mass is 79.9. The van der Waals surface area contributed by atoms with Gasteiger partial charge in [-0.05, 0) is 47.9 Å². The van der Waals surface area contributed by atoms with Gasteiger partial charge in [-0.1, -0.05) is 44.0 Å². The zero-order valence-electron chi connectivity index (χ0n) is 10.3. The van der Waals surface area contributed by atoms with Gasteiger partial charge in [-0.25, -0.2) is 4.39 Å². The standard InChI is InChI=1S/C15H13Br2FO/c1-9-2-3-10(7-13(9)17)15(19)8-11-6-12(16)4-5-14(11)18/h2-7,15,19H,8H2,1H3. The van der Waals surface area contributed by atoms with Crippen LogP contribution in [0.15, 0.2) is 45.3 Å². The summed E-state index contributed by atoms with van der Waals surface area (Å²) in [5.74, 6) is -0.298. The molecule has 0 saturated heterocycles. The van der Waals surface area contributed by atoms with E-state index in [0.717, 1.165) is 20.1 Å². The van der Waals surface area contributed by atoms with E-state index in [0.29, 0.717) is 5.56 Å². The van der Waals surface area contributed by atoms with Crippen LogP contribution < -0.4 is 0 Å². The quantitative estimate of drug-likeness (QED) is 0.791. The molecule has 2 aromatic rings. The van der Waals surface area contributed by atoms with Gasteiger partial charge < -0.3 is 5.11 Å². The normalized spacial score (nSPS) is 12.5. The van der Waals surface area contributed by atoms with Crippen molar-refractivity contribution in [3.05, 3.63) is 67.9 Å². The van der Waals surface area contributed by atoms with Gasteiger partial charge in [0.25, 0.3) is 0 Å². The van der Waals surface area contributed by atoms with Crippen molar-refractivity contribution in [1.82, 2.24) is 0 Å². The molecule has 2 rings (SSSR count). The molecular weight excluding hydrogens is 375 g/mol. The minimum absolute atomic E-state index is 0.251. The lowest BCUT2D eigenvalue weighted by Gasteiger charge is -2.13. The number of hydrogen-bond donors (Lipinski definition) is 1. The number of halogens is 3. The summed E-state index contributed by atoms with van der Waals surface area (Å²) in [7, 11) is 0. The lowest BCUT2D eigenvalue weighted by Crippen LogP contribution is -2.04. The Labute approximate surface area is 128 Å². The molecule has 0 bridgehead atoms. The first-order chi connectivity index (χ1) is 8.97. The molecule has 0 spiro atoms. The lowest BCUT2D eigenvalue weighted by atomic mass is 10.0. The number of benzene rings is 2. The molecule has 100 valence electrons. The van der Waals surface area contributed by atoms with Crippen molar-refractivity contribution in [3.8, 4) is 0 Å². The third-order valence-electron chi connectivity index (χ3n) is 3.00. The highest BCUT2D eigenvalue weighted by Crippen LogP contribution is 2.26. The molecule has 0 fully saturated rings. The van der Waals surface area contributed by atoms with Gasteiger partial charge in [-0.15, -0.1) is 0 Å². The van der Waals surface area contributed by atoms with E-state index in [-0.39, 0.29) is 12.2 Å². The summed E-state index contributed by atoms with van der Waals surface area (Å²) < 4.78 is 15.4. The first-order valence-corrected chi connectivity index (χ1v) is 7.44. The molecule has 0 heterocycles. The molecule has 0 amide bonds. The van der Waals surface area contributed by atoms with Crippen molar-refractivity contribution in [2.24, 2.45) is 0 Å². The van der Waals surface area contributed by atoms with Gasteiger partial charge in [0.1, 0.15) is 5.82 Å². The molecule has 0 saturated carbocycles. The Kier molecular flexibility index (Phi) is 4.76. The van der Waals surface area contributed by atoms with Gasteiger partial charge in [0, 0.05) is 15.4 Å². The molecule has 1 N–H and O–H groups in total. The Morgan fingerprint density at radius 3 is 2.58 bits per heavy atom. The van der Waals surface area contributed by atoms with E-state index in [1.165, 1.54) is 6.07 Å². The van der Waals surface area contributed by atoms with Crippen LogP contribution >= 0.6 is 31.9 Å². The fourth-order valence-electron chi connectivity index (χ4n) is 1.84. The van der Waals surface area contributed by atoms with E-state index >= 15 is 0 Å². The van der Waals surface area contributed by atoms with Gasteiger partial charge in [0.15, 0.2) is 0 Å². The van der Waals surface area contributed by atoms with E-state index in [1.54, 1.807) is 12.1 Å². The molecule has 1 nitrogen and oxygen atoms in total. The van der Waals surface area contributed by atoms with Crippen LogP contribution in [-0.4, -0.2) is 5.11 Å². The molecule has 4 heteroatoms. The average molecular weight is 388 g/mol. The zero-order chi connectivity index (χ0) is 14.0. The second-order valence-electron chi connectivity index (χ2n) is 4.46. The predicted molar refractivity (Wildman–Crippen MR) is 81.6 cm³/mol. The average Bonchev–Trinajstić information content (AvgIpc) is 2.37. The molecule has 2 aromatic carbocycles. The second kappa shape index (κ2) is 6.16. The van der Waals surface area contributed by atoms with Crippen LogP contribution in [0.5, 0.6) is 0 Å². The summed E-state index contributed by atoms with van der Waals surface area (Å²) in [6, 6.07) is 10.4. The topological polar surface area (TPSA) is 20.2 Å². The molecule has 1 unspecified atom stereocenters. The highest BCUT2D eigenvalue weighted by molar-refractivity contribution is 9.10. The van der Waals surface area contributed by atoms with E-state index in [9.17, 15) is 9.50 Å². The summed E-state index contributed by atoms with van der Waals surface area (Å²) in [4.78, 5) is 0. The molecule has 0 aliphatic heterocycles. The maximum atomic E-state index is 13.6. The van der Waals surface area contributed by atoms with Crippen LogP contribution in [-0.2, 0) is 6.42 Å². The van der Waals surface area contributed by atoms with Gasteiger partial charge in [0.05, 0.1) is 6.10 Å². The summed E-state index contributed by atoms with van der Waals surface area (Å²) >= 11 is 6.74. The van der Waals surface area contributed by atoms with Gasteiger partial charge in [0.2, 0.25) is 0 Å². The molecule has 0 aromatic heterocycles. The van der Waals surface area contributed by atoms with E-state index < -0.39 is 6.10 Å². The fourth-order valence-corrected chi connectivity index (χ4v) is 2.65. The van der Waals surface area contributed by atoms with Crippen molar-refractivity contribution in [2.45, 2.75) is 19.4 Å². The Hall–Kier alpha value is -0.710. The van der Waals surface area contributed by atoms with Crippen molar-refractivity contribution in [3.63, 3.8) is 0 Å². The zero-order valence-corrected chi connectivity index (χ0v) is 13.5. The van der Waals surface area contributed by atoms with Gasteiger partial charge >= 0.3 is 0 Å². The Morgan fingerprint density at radius 1 is 1.16 bits per heavy atom. The van der Waals surface area contributed by atoms with Crippen molar-refractivity contribution in [1.29, 1.82) is 0 Å². The number of aryl methyl sites for hydroxylation is 1. The first kappa shape index (κ1) is 14.7. The van der Waals surface area contributed by atoms with Crippen molar-refractivity contribution in [2.75, 3.05) is 0 Å². The van der Waals surface area contributed by atoms with E-state index in [4.69, 9.17) is 0 Å². The van der Waals surface area contributed by atoms with Crippen molar-refractivity contribution >= 4 is 31.9 Å². The van der Waals surface area contributed by atoms with Crippen LogP contribution in [0.3, 0.4) is 0 Å². The molecule has 0 radical (unpaired) electrons. The van der Waals surface area contributed by atoms with E-state index in [2.05, 4.69) is 31.9 Å². The largest absolute Gasteiger partial charge is 0.388 e. The fraction of sp³-hybridized carbons (Fsp3) is 0.200. The Morgan fingerprint density at radius 2 is 1.89 bits per heavy atom. The lowest BCUT2D eigenvalue weighted by molar-refractivity contribution is 0.177. The maximum Gasteiger partial charge on any atom is 0.126 e. The summed E-state index contributed by atoms with van der Waals surface area (Å²) in [6.45, 7) is 1.98. The molecule has 0 aliphatic carbocycles. The first-order valence-electron chi connectivity index (χ1n) is 5.85. The van der Waals surface area contributed by atoms with Crippen LogP contribution in [0.25, 0.3) is 0 Å². The van der Waals surface area contributed by atoms with Crippen LogP contribution in [0.2, 0.25) is 0 Å². The van der Waals surface area contributed by atoms with Gasteiger partial charge in [-0.2, -0.15) is 0 Å². The van der Waals surface area contributed by atoms with Crippen LogP contribution in [0.1, 0.15) is 22.8 Å². The minimum atomic E-state index is -0.722. The third-order valence-corrected chi connectivity index (χ3v) is 4.35. The van der Waals surface area contributed by atoms with Crippen molar-refractivity contribution < 1.29 is 9.50 Å². The smallest absolute Gasteiger partial charge is 0.126 e. The van der Waals surface area contributed by atoms with Gasteiger partial charge in [-0.3, -0.25) is 0 Å². The highest BCUT2D eigenvalue weighted by Gasteiger charge is 2.13. The maximum absolute atomic E-state index is 13.6. The minimum Gasteiger partial charge on any atom is -0.388 e. The van der Waals surface area contributed by atoms with Crippen LogP contribution in [0.4, 0.5) is 4.39 Å². The summed E-state index contributed by atoms with van der Waals surface area (Å²) in [6.07, 6.45) is -0.471. The monoisotopic (exact) mass is 386 g/mol. The van der Waals surface area contributed by atoms with E-state index in [1.807, 2.05) is 25.1 Å². The number of aliphatic hydroxyl groups is 1. The Balaban J connectivity index is 2.22. The summed E-state index contributed by atoms with van der Waals surface area (Å²) in [5.41, 5.74) is 2.38. The number of hydrogen-bond acceptors (Lipinski definition) is 1. The second-order valence-corrected chi connectivity index (χ2v) is 6.23. The summed E-state index contributed by atoms with van der Waals surface area (Å²) in [5, 5.41) is 10.2. The Bertz CT molecular complexity index is 599. The molecule has 19 heavy (non-hydrogen) atoms.